The van der Waals surface area contributed by atoms with E-state index in [2.05, 4.69) is 21.8 Å². The number of halogens is 1. The molecule has 1 aliphatic carbocycles. The van der Waals surface area contributed by atoms with Gasteiger partial charge in [0.1, 0.15) is 11.1 Å². The van der Waals surface area contributed by atoms with Crippen molar-refractivity contribution in [3.63, 3.8) is 0 Å². The summed E-state index contributed by atoms with van der Waals surface area (Å²) in [6.07, 6.45) is 7.25. The van der Waals surface area contributed by atoms with Crippen LogP contribution in [0.1, 0.15) is 25.3 Å². The van der Waals surface area contributed by atoms with Gasteiger partial charge >= 0.3 is 5.69 Å². The number of aromatic nitrogens is 7. The van der Waals surface area contributed by atoms with Gasteiger partial charge in [-0.25, -0.2) is 14.3 Å². The van der Waals surface area contributed by atoms with Gasteiger partial charge in [-0.1, -0.05) is 17.5 Å². The molecule has 4 heterocycles. The maximum Gasteiger partial charge on any atom is 0.333 e. The SMILES string of the molecule is CC#CCn1c(=O)c2c(-c3cncn3C)n(Cc3ccnc4ccc(Cl)cc34)nc2n(CC2CC2)c1=O. The fourth-order valence-corrected chi connectivity index (χ4v) is 4.92. The number of benzene rings is 1. The van der Waals surface area contributed by atoms with Gasteiger partial charge < -0.3 is 4.57 Å². The van der Waals surface area contributed by atoms with E-state index in [1.807, 2.05) is 35.9 Å². The highest BCUT2D eigenvalue weighted by atomic mass is 35.5. The van der Waals surface area contributed by atoms with Gasteiger partial charge in [0, 0.05) is 30.2 Å². The second-order valence-electron chi connectivity index (χ2n) is 9.38. The lowest BCUT2D eigenvalue weighted by atomic mass is 10.1. The first-order valence-corrected chi connectivity index (χ1v) is 12.5. The maximum atomic E-state index is 13.8. The van der Waals surface area contributed by atoms with E-state index in [1.165, 1.54) is 4.57 Å². The van der Waals surface area contributed by atoms with Gasteiger partial charge in [-0.15, -0.1) is 5.92 Å². The molecular formula is C27H24ClN7O2. The molecule has 0 saturated heterocycles. The summed E-state index contributed by atoms with van der Waals surface area (Å²) in [6, 6.07) is 7.49. The molecule has 1 aromatic carbocycles. The van der Waals surface area contributed by atoms with Gasteiger partial charge in [-0.3, -0.25) is 19.0 Å². The Morgan fingerprint density at radius 3 is 2.73 bits per heavy atom. The number of aryl methyl sites for hydroxylation is 1. The van der Waals surface area contributed by atoms with Crippen LogP contribution in [-0.2, 0) is 26.7 Å². The van der Waals surface area contributed by atoms with E-state index in [1.54, 1.807) is 34.9 Å². The first kappa shape index (κ1) is 23.3. The van der Waals surface area contributed by atoms with E-state index in [-0.39, 0.29) is 12.2 Å². The fourth-order valence-electron chi connectivity index (χ4n) is 4.75. The van der Waals surface area contributed by atoms with Crippen molar-refractivity contribution in [3.05, 3.63) is 74.4 Å². The Morgan fingerprint density at radius 1 is 1.16 bits per heavy atom. The average Bonchev–Trinajstić information content (AvgIpc) is 3.50. The Hall–Kier alpha value is -4.16. The summed E-state index contributed by atoms with van der Waals surface area (Å²) in [5.41, 5.74) is 2.68. The first-order valence-electron chi connectivity index (χ1n) is 12.1. The third-order valence-electron chi connectivity index (χ3n) is 6.84. The van der Waals surface area contributed by atoms with Crippen LogP contribution in [0.4, 0.5) is 0 Å². The predicted molar refractivity (Wildman–Crippen MR) is 142 cm³/mol. The van der Waals surface area contributed by atoms with E-state index in [0.717, 1.165) is 35.0 Å². The number of hydrogen-bond acceptors (Lipinski definition) is 5. The van der Waals surface area contributed by atoms with Gasteiger partial charge in [0.15, 0.2) is 5.65 Å². The lowest BCUT2D eigenvalue weighted by Crippen LogP contribution is -2.40. The number of nitrogens with zero attached hydrogens (tertiary/aromatic N) is 7. The zero-order valence-electron chi connectivity index (χ0n) is 20.5. The lowest BCUT2D eigenvalue weighted by Gasteiger charge is -2.11. The van der Waals surface area contributed by atoms with Crippen LogP contribution in [0.15, 0.2) is 52.6 Å². The van der Waals surface area contributed by atoms with Gasteiger partial charge in [0.05, 0.1) is 36.8 Å². The van der Waals surface area contributed by atoms with Crippen molar-refractivity contribution in [2.45, 2.75) is 39.4 Å². The molecule has 0 amide bonds. The molecule has 0 unspecified atom stereocenters. The molecule has 0 bridgehead atoms. The summed E-state index contributed by atoms with van der Waals surface area (Å²) in [6.45, 7) is 2.58. The van der Waals surface area contributed by atoms with E-state index in [0.29, 0.717) is 40.8 Å². The van der Waals surface area contributed by atoms with Crippen LogP contribution in [0.5, 0.6) is 0 Å². The minimum atomic E-state index is -0.403. The number of hydrogen-bond donors (Lipinski definition) is 0. The molecule has 0 atom stereocenters. The summed E-state index contributed by atoms with van der Waals surface area (Å²) < 4.78 is 6.50. The van der Waals surface area contributed by atoms with Crippen LogP contribution in [-0.4, -0.2) is 33.4 Å². The van der Waals surface area contributed by atoms with Crippen LogP contribution in [0, 0.1) is 17.8 Å². The second-order valence-corrected chi connectivity index (χ2v) is 9.82. The lowest BCUT2D eigenvalue weighted by molar-refractivity contribution is 0.564. The molecular weight excluding hydrogens is 490 g/mol. The van der Waals surface area contributed by atoms with Crippen LogP contribution in [0.3, 0.4) is 0 Å². The highest BCUT2D eigenvalue weighted by Crippen LogP contribution is 2.32. The molecule has 9 nitrogen and oxygen atoms in total. The normalized spacial score (nSPS) is 13.3. The predicted octanol–water partition coefficient (Wildman–Crippen LogP) is 3.44. The van der Waals surface area contributed by atoms with E-state index in [4.69, 9.17) is 16.7 Å². The zero-order chi connectivity index (χ0) is 25.7. The van der Waals surface area contributed by atoms with Crippen molar-refractivity contribution in [1.29, 1.82) is 0 Å². The molecule has 1 fully saturated rings. The third-order valence-corrected chi connectivity index (χ3v) is 7.07. The average molecular weight is 514 g/mol. The standard InChI is InChI=1S/C27H24ClN7O2/c1-3-4-11-33-26(36)23-24(22-13-29-16-32(22)2)35(31-25(23)34(27(33)37)14-17-5-6-17)15-18-9-10-30-21-8-7-19(28)12-20(18)21/h7-10,12-13,16-17H,5-6,11,14-15H2,1-2H3. The van der Waals surface area contributed by atoms with Crippen LogP contribution in [0.25, 0.3) is 33.3 Å². The highest BCUT2D eigenvalue weighted by Gasteiger charge is 2.28. The van der Waals surface area contributed by atoms with Crippen molar-refractivity contribution in [2.75, 3.05) is 0 Å². The van der Waals surface area contributed by atoms with E-state index >= 15 is 0 Å². The minimum Gasteiger partial charge on any atom is -0.332 e. The zero-order valence-corrected chi connectivity index (χ0v) is 21.2. The Morgan fingerprint density at radius 2 is 2.00 bits per heavy atom. The van der Waals surface area contributed by atoms with Gasteiger partial charge in [-0.2, -0.15) is 5.10 Å². The number of pyridine rings is 1. The summed E-state index contributed by atoms with van der Waals surface area (Å²) >= 11 is 6.31. The topological polar surface area (TPSA) is 92.5 Å². The van der Waals surface area contributed by atoms with Crippen LogP contribution < -0.4 is 11.2 Å². The van der Waals surface area contributed by atoms with Crippen molar-refractivity contribution >= 4 is 33.5 Å². The number of rotatable bonds is 6. The molecule has 0 aliphatic heterocycles. The van der Waals surface area contributed by atoms with Crippen molar-refractivity contribution < 1.29 is 0 Å². The summed E-state index contributed by atoms with van der Waals surface area (Å²) in [7, 11) is 1.87. The second kappa shape index (κ2) is 9.05. The smallest absolute Gasteiger partial charge is 0.332 e. The van der Waals surface area contributed by atoms with Crippen molar-refractivity contribution in [1.82, 2.24) is 33.4 Å². The quantitative estimate of drug-likeness (QED) is 0.324. The molecule has 0 N–H and O–H groups in total. The van der Waals surface area contributed by atoms with E-state index in [9.17, 15) is 9.59 Å². The maximum absolute atomic E-state index is 13.8. The Labute approximate surface area is 217 Å². The molecule has 0 spiro atoms. The summed E-state index contributed by atoms with van der Waals surface area (Å²) in [5.74, 6) is 6.08. The summed E-state index contributed by atoms with van der Waals surface area (Å²) in [5, 5.41) is 6.79. The Bertz CT molecular complexity index is 1860. The van der Waals surface area contributed by atoms with Gasteiger partial charge in [-0.05, 0) is 55.5 Å². The Kier molecular flexibility index (Phi) is 5.69. The van der Waals surface area contributed by atoms with Gasteiger partial charge in [0.2, 0.25) is 0 Å². The largest absolute Gasteiger partial charge is 0.333 e. The highest BCUT2D eigenvalue weighted by molar-refractivity contribution is 6.31. The molecule has 1 aliphatic rings. The third kappa shape index (κ3) is 4.03. The van der Waals surface area contributed by atoms with Crippen LogP contribution in [0.2, 0.25) is 5.02 Å². The van der Waals surface area contributed by atoms with Crippen LogP contribution >= 0.6 is 11.6 Å². The van der Waals surface area contributed by atoms with E-state index < -0.39 is 5.56 Å². The molecule has 10 heteroatoms. The van der Waals surface area contributed by atoms with Gasteiger partial charge in [0.25, 0.3) is 5.56 Å². The minimum absolute atomic E-state index is 0.0261. The molecule has 1 saturated carbocycles. The first-order chi connectivity index (χ1) is 18.0. The molecule has 6 rings (SSSR count). The van der Waals surface area contributed by atoms with Crippen molar-refractivity contribution in [2.24, 2.45) is 13.0 Å². The monoisotopic (exact) mass is 513 g/mol. The molecule has 186 valence electrons. The molecule has 4 aromatic heterocycles. The molecule has 37 heavy (non-hydrogen) atoms. The molecule has 0 radical (unpaired) electrons. The van der Waals surface area contributed by atoms with Crippen molar-refractivity contribution in [3.8, 4) is 23.2 Å². The number of fused-ring (bicyclic) bond motifs is 2. The molecule has 5 aromatic rings. The summed E-state index contributed by atoms with van der Waals surface area (Å²) in [4.78, 5) is 36.1. The number of imidazole rings is 1. The Balaban J connectivity index is 1.66. The fraction of sp³-hybridized carbons (Fsp3) is 0.296.